The van der Waals surface area contributed by atoms with Crippen LogP contribution in [0.15, 0.2) is 10.9 Å². The molecule has 5 nitrogen and oxygen atoms in total. The van der Waals surface area contributed by atoms with Crippen LogP contribution in [0.5, 0.6) is 0 Å². The molecule has 0 aromatic carbocycles. The molecule has 0 N–H and O–H groups in total. The van der Waals surface area contributed by atoms with Gasteiger partial charge in [-0.1, -0.05) is 11.8 Å². The highest BCUT2D eigenvalue weighted by Gasteiger charge is 2.52. The molecule has 124 valence electrons. The Bertz CT molecular complexity index is 623. The Labute approximate surface area is 145 Å². The van der Waals surface area contributed by atoms with Crippen molar-refractivity contribution < 1.29 is 18.9 Å². The summed E-state index contributed by atoms with van der Waals surface area (Å²) in [4.78, 5) is 26.3. The first-order chi connectivity index (χ1) is 10.6. The third-order valence-electron chi connectivity index (χ3n) is 3.97. The molecule has 1 aromatic heterocycles. The summed E-state index contributed by atoms with van der Waals surface area (Å²) in [5.74, 6) is 0.458. The van der Waals surface area contributed by atoms with Crippen molar-refractivity contribution in [2.75, 3.05) is 5.75 Å². The minimum absolute atomic E-state index is 0.0271. The van der Waals surface area contributed by atoms with E-state index in [0.717, 1.165) is 11.8 Å². The Balaban J connectivity index is 2.27. The van der Waals surface area contributed by atoms with Gasteiger partial charge in [-0.3, -0.25) is 9.59 Å². The van der Waals surface area contributed by atoms with Crippen LogP contribution in [-0.4, -0.2) is 40.5 Å². The zero-order chi connectivity index (χ0) is 17.3. The Morgan fingerprint density at radius 2 is 1.96 bits per heavy atom. The smallest absolute Gasteiger partial charge is 0.400 e. The van der Waals surface area contributed by atoms with Gasteiger partial charge in [0.15, 0.2) is 16.4 Å². The van der Waals surface area contributed by atoms with E-state index >= 15 is 0 Å². The van der Waals surface area contributed by atoms with Crippen LogP contribution in [0.2, 0.25) is 0 Å². The molecule has 0 aliphatic carbocycles. The summed E-state index contributed by atoms with van der Waals surface area (Å²) in [6.07, 6.45) is 2.56. The number of carbonyl (C=O) groups excluding carboxylic acids is 2. The molecule has 2 rings (SSSR count). The van der Waals surface area contributed by atoms with Gasteiger partial charge in [0.25, 0.3) is 0 Å². The molecule has 0 unspecified atom stereocenters. The van der Waals surface area contributed by atoms with Crippen molar-refractivity contribution in [3.05, 3.63) is 21.6 Å². The summed E-state index contributed by atoms with van der Waals surface area (Å²) in [6, 6.07) is 0. The summed E-state index contributed by atoms with van der Waals surface area (Å²) in [5.41, 5.74) is 0.596. The third-order valence-corrected chi connectivity index (χ3v) is 5.64. The van der Waals surface area contributed by atoms with Crippen molar-refractivity contribution in [2.45, 2.75) is 45.8 Å². The highest BCUT2D eigenvalue weighted by Crippen LogP contribution is 2.39. The van der Waals surface area contributed by atoms with Crippen molar-refractivity contribution in [1.82, 2.24) is 4.98 Å². The fourth-order valence-electron chi connectivity index (χ4n) is 1.97. The Kier molecular flexibility index (Phi) is 5.50. The number of hydrogen-bond donors (Lipinski definition) is 0. The van der Waals surface area contributed by atoms with Gasteiger partial charge in [0.2, 0.25) is 0 Å². The Morgan fingerprint density at radius 1 is 1.35 bits per heavy atom. The van der Waals surface area contributed by atoms with Gasteiger partial charge in [-0.25, -0.2) is 4.98 Å². The summed E-state index contributed by atoms with van der Waals surface area (Å²) >= 11 is 2.48. The van der Waals surface area contributed by atoms with E-state index in [1.54, 1.807) is 5.38 Å². The number of hydrogen-bond acceptors (Lipinski definition) is 7. The molecular weight excluding hydrogens is 333 g/mol. The van der Waals surface area contributed by atoms with Crippen molar-refractivity contribution >= 4 is 47.7 Å². The lowest BCUT2D eigenvalue weighted by Crippen LogP contribution is -2.41. The van der Waals surface area contributed by atoms with Gasteiger partial charge >= 0.3 is 7.12 Å². The van der Waals surface area contributed by atoms with Crippen molar-refractivity contribution in [3.8, 4) is 0 Å². The van der Waals surface area contributed by atoms with Crippen LogP contribution in [-0.2, 0) is 14.1 Å². The van der Waals surface area contributed by atoms with Gasteiger partial charge < -0.3 is 9.31 Å². The Morgan fingerprint density at radius 3 is 2.43 bits per heavy atom. The molecule has 1 saturated heterocycles. The lowest BCUT2D eigenvalue weighted by Gasteiger charge is -2.32. The van der Waals surface area contributed by atoms with Crippen LogP contribution in [0, 0.1) is 0 Å². The second-order valence-corrected chi connectivity index (χ2v) is 8.36. The molecule has 0 spiro atoms. The van der Waals surface area contributed by atoms with Crippen molar-refractivity contribution in [2.24, 2.45) is 0 Å². The highest BCUT2D eigenvalue weighted by molar-refractivity contribution is 8.13. The number of carbonyl (C=O) groups is 2. The molecule has 2 heterocycles. The average Bonchev–Trinajstić information content (AvgIpc) is 2.97. The van der Waals surface area contributed by atoms with E-state index in [1.165, 1.54) is 30.0 Å². The van der Waals surface area contributed by atoms with Crippen LogP contribution >= 0.6 is 23.1 Å². The standard InChI is InChI=1S/C15H20BNO4S2/c1-10(19)22-8-11(6-12-9-23-13(7-18)17-12)16-20-14(2,3)15(4,5)21-16/h6-7,9H,8H2,1-5H3. The summed E-state index contributed by atoms with van der Waals surface area (Å²) in [6.45, 7) is 9.46. The average molecular weight is 353 g/mol. The van der Waals surface area contributed by atoms with E-state index in [2.05, 4.69) is 4.98 Å². The SMILES string of the molecule is CC(=O)SCC(=Cc1csc(C=O)n1)B1OC(C)(C)C(C)(C)O1. The predicted molar refractivity (Wildman–Crippen MR) is 94.7 cm³/mol. The maximum Gasteiger partial charge on any atom is 0.491 e. The highest BCUT2D eigenvalue weighted by atomic mass is 32.2. The second-order valence-electron chi connectivity index (χ2n) is 6.32. The lowest BCUT2D eigenvalue weighted by atomic mass is 9.79. The summed E-state index contributed by atoms with van der Waals surface area (Å²) in [5, 5.41) is 2.25. The second kappa shape index (κ2) is 6.89. The molecule has 1 aliphatic rings. The molecule has 1 aromatic rings. The van der Waals surface area contributed by atoms with E-state index in [0.29, 0.717) is 16.5 Å². The van der Waals surface area contributed by atoms with E-state index in [1.807, 2.05) is 33.8 Å². The van der Waals surface area contributed by atoms with Crippen LogP contribution in [0.25, 0.3) is 6.08 Å². The summed E-state index contributed by atoms with van der Waals surface area (Å²) in [7, 11) is -0.534. The first-order valence-corrected chi connectivity index (χ1v) is 9.11. The monoisotopic (exact) mass is 353 g/mol. The molecule has 0 radical (unpaired) electrons. The van der Waals surface area contributed by atoms with E-state index < -0.39 is 18.3 Å². The van der Waals surface area contributed by atoms with Crippen molar-refractivity contribution in [3.63, 3.8) is 0 Å². The first-order valence-electron chi connectivity index (χ1n) is 7.25. The quantitative estimate of drug-likeness (QED) is 0.598. The summed E-state index contributed by atoms with van der Waals surface area (Å²) < 4.78 is 12.1. The number of aldehydes is 1. The van der Waals surface area contributed by atoms with Crippen molar-refractivity contribution in [1.29, 1.82) is 0 Å². The molecule has 0 saturated carbocycles. The Hall–Kier alpha value is -0.955. The third kappa shape index (κ3) is 4.32. The number of thiazole rings is 1. The maximum atomic E-state index is 11.3. The molecule has 1 aliphatic heterocycles. The fourth-order valence-corrected chi connectivity index (χ4v) is 3.13. The van der Waals surface area contributed by atoms with Gasteiger partial charge in [-0.2, -0.15) is 0 Å². The number of thioether (sulfide) groups is 1. The molecular formula is C15H20BNO4S2. The number of rotatable bonds is 5. The molecule has 23 heavy (non-hydrogen) atoms. The molecule has 0 bridgehead atoms. The largest absolute Gasteiger partial charge is 0.491 e. The normalized spacial score (nSPS) is 19.9. The molecule has 8 heteroatoms. The van der Waals surface area contributed by atoms with E-state index in [-0.39, 0.29) is 5.12 Å². The lowest BCUT2D eigenvalue weighted by molar-refractivity contribution is -0.109. The van der Waals surface area contributed by atoms with Gasteiger partial charge in [0, 0.05) is 18.1 Å². The van der Waals surface area contributed by atoms with Gasteiger partial charge in [0.1, 0.15) is 0 Å². The fraction of sp³-hybridized carbons (Fsp3) is 0.533. The molecule has 1 fully saturated rings. The van der Waals surface area contributed by atoms with Crippen LogP contribution in [0.1, 0.15) is 50.1 Å². The number of nitrogens with zero attached hydrogens (tertiary/aromatic N) is 1. The van der Waals surface area contributed by atoms with E-state index in [4.69, 9.17) is 9.31 Å². The van der Waals surface area contributed by atoms with Crippen LogP contribution < -0.4 is 0 Å². The van der Waals surface area contributed by atoms with Gasteiger partial charge in [-0.05, 0) is 39.2 Å². The minimum Gasteiger partial charge on any atom is -0.400 e. The zero-order valence-corrected chi connectivity index (χ0v) is 15.5. The topological polar surface area (TPSA) is 65.5 Å². The minimum atomic E-state index is -0.534. The van der Waals surface area contributed by atoms with Gasteiger partial charge in [-0.15, -0.1) is 11.3 Å². The zero-order valence-electron chi connectivity index (χ0n) is 13.9. The van der Waals surface area contributed by atoms with E-state index in [9.17, 15) is 9.59 Å². The molecule has 0 amide bonds. The predicted octanol–water partition coefficient (Wildman–Crippen LogP) is 3.25. The molecule has 0 atom stereocenters. The van der Waals surface area contributed by atoms with Crippen LogP contribution in [0.3, 0.4) is 0 Å². The number of aromatic nitrogens is 1. The van der Waals surface area contributed by atoms with Gasteiger partial charge in [0.05, 0.1) is 16.9 Å². The maximum absolute atomic E-state index is 11.3. The first kappa shape index (κ1) is 18.4. The van der Waals surface area contributed by atoms with Crippen LogP contribution in [0.4, 0.5) is 0 Å².